The number of benzene rings is 1. The quantitative estimate of drug-likeness (QED) is 0.859. The van der Waals surface area contributed by atoms with E-state index in [1.54, 1.807) is 11.8 Å². The number of nitrogens with two attached hydrogens (primary N) is 1. The molecule has 1 aromatic carbocycles. The molecule has 96 valence electrons. The van der Waals surface area contributed by atoms with Crippen LogP contribution in [0.1, 0.15) is 25.7 Å². The van der Waals surface area contributed by atoms with Gasteiger partial charge in [-0.3, -0.25) is 0 Å². The molecule has 18 heavy (non-hydrogen) atoms. The van der Waals surface area contributed by atoms with Crippen LogP contribution in [0.15, 0.2) is 33.7 Å². The molecule has 0 amide bonds. The molecule has 0 aliphatic rings. The first-order valence-electron chi connectivity index (χ1n) is 5.85. The Morgan fingerprint density at radius 1 is 1.22 bits per heavy atom. The molecule has 2 aromatic rings. The summed E-state index contributed by atoms with van der Waals surface area (Å²) in [5, 5.41) is 4.00. The number of nitrogens with zero attached hydrogens (tertiary/aromatic N) is 2. The highest BCUT2D eigenvalue weighted by atomic mass is 32.2. The van der Waals surface area contributed by atoms with E-state index < -0.39 is 0 Å². The van der Waals surface area contributed by atoms with Gasteiger partial charge in [0.05, 0.1) is 5.92 Å². The lowest BCUT2D eigenvalue weighted by Crippen LogP contribution is -2.22. The van der Waals surface area contributed by atoms with E-state index >= 15 is 0 Å². The number of rotatable bonds is 4. The first-order chi connectivity index (χ1) is 8.61. The van der Waals surface area contributed by atoms with Crippen LogP contribution in [-0.2, 0) is 0 Å². The van der Waals surface area contributed by atoms with Crippen LogP contribution in [0.25, 0.3) is 11.4 Å². The van der Waals surface area contributed by atoms with Crippen molar-refractivity contribution in [1.29, 1.82) is 0 Å². The SMILES string of the molecule is CSc1ccc(-c2noc(C(C)C(C)N)n2)cc1. The maximum Gasteiger partial charge on any atom is 0.231 e. The highest BCUT2D eigenvalue weighted by Crippen LogP contribution is 2.23. The summed E-state index contributed by atoms with van der Waals surface area (Å²) < 4.78 is 5.25. The normalized spacial score (nSPS) is 14.4. The molecular formula is C13H17N3OS. The van der Waals surface area contributed by atoms with E-state index in [1.165, 1.54) is 4.90 Å². The van der Waals surface area contributed by atoms with E-state index in [1.807, 2.05) is 44.4 Å². The minimum atomic E-state index is -0.00262. The van der Waals surface area contributed by atoms with E-state index in [2.05, 4.69) is 10.1 Å². The van der Waals surface area contributed by atoms with Crippen LogP contribution in [0.2, 0.25) is 0 Å². The molecule has 2 atom stereocenters. The number of thioether (sulfide) groups is 1. The van der Waals surface area contributed by atoms with Gasteiger partial charge in [0.25, 0.3) is 0 Å². The largest absolute Gasteiger partial charge is 0.339 e. The van der Waals surface area contributed by atoms with Crippen molar-refractivity contribution < 1.29 is 4.52 Å². The second kappa shape index (κ2) is 5.54. The fourth-order valence-corrected chi connectivity index (χ4v) is 1.91. The molecular weight excluding hydrogens is 246 g/mol. The maximum absolute atomic E-state index is 5.82. The molecule has 0 aliphatic heterocycles. The lowest BCUT2D eigenvalue weighted by atomic mass is 10.1. The van der Waals surface area contributed by atoms with Crippen LogP contribution in [0.5, 0.6) is 0 Å². The Kier molecular flexibility index (Phi) is 4.04. The van der Waals surface area contributed by atoms with Crippen LogP contribution in [0.4, 0.5) is 0 Å². The Morgan fingerprint density at radius 2 is 1.89 bits per heavy atom. The average molecular weight is 263 g/mol. The van der Waals surface area contributed by atoms with Crippen LogP contribution in [-0.4, -0.2) is 22.4 Å². The number of hydrogen-bond donors (Lipinski definition) is 1. The molecule has 4 nitrogen and oxygen atoms in total. The Bertz CT molecular complexity index is 507. The Labute approximate surface area is 111 Å². The summed E-state index contributed by atoms with van der Waals surface area (Å²) in [6.45, 7) is 3.92. The van der Waals surface area contributed by atoms with Crippen molar-refractivity contribution in [2.75, 3.05) is 6.26 Å². The van der Waals surface area contributed by atoms with E-state index in [9.17, 15) is 0 Å². The first kappa shape index (κ1) is 13.1. The lowest BCUT2D eigenvalue weighted by molar-refractivity contribution is 0.347. The van der Waals surface area contributed by atoms with Crippen molar-refractivity contribution in [3.05, 3.63) is 30.2 Å². The van der Waals surface area contributed by atoms with Crippen molar-refractivity contribution in [1.82, 2.24) is 10.1 Å². The molecule has 1 aromatic heterocycles. The molecule has 1 heterocycles. The Balaban J connectivity index is 2.23. The molecule has 5 heteroatoms. The molecule has 0 aliphatic carbocycles. The smallest absolute Gasteiger partial charge is 0.231 e. The third-order valence-corrected chi connectivity index (χ3v) is 3.71. The molecule has 2 rings (SSSR count). The summed E-state index contributed by atoms with van der Waals surface area (Å²) in [4.78, 5) is 5.61. The Hall–Kier alpha value is -1.33. The summed E-state index contributed by atoms with van der Waals surface area (Å²) in [5.74, 6) is 1.27. The summed E-state index contributed by atoms with van der Waals surface area (Å²) in [5.41, 5.74) is 6.78. The van der Waals surface area contributed by atoms with Gasteiger partial charge in [0.1, 0.15) is 0 Å². The lowest BCUT2D eigenvalue weighted by Gasteiger charge is -2.09. The summed E-state index contributed by atoms with van der Waals surface area (Å²) in [7, 11) is 0. The highest BCUT2D eigenvalue weighted by Gasteiger charge is 2.18. The monoisotopic (exact) mass is 263 g/mol. The van der Waals surface area contributed by atoms with Gasteiger partial charge in [-0.2, -0.15) is 4.98 Å². The minimum absolute atomic E-state index is 0.00262. The zero-order valence-corrected chi connectivity index (χ0v) is 11.6. The zero-order chi connectivity index (χ0) is 13.1. The van der Waals surface area contributed by atoms with Crippen LogP contribution in [0.3, 0.4) is 0 Å². The summed E-state index contributed by atoms with van der Waals surface area (Å²) in [6.07, 6.45) is 2.05. The molecule has 0 radical (unpaired) electrons. The van der Waals surface area contributed by atoms with E-state index in [4.69, 9.17) is 10.3 Å². The molecule has 0 saturated carbocycles. The third-order valence-electron chi connectivity index (χ3n) is 2.97. The standard InChI is InChI=1S/C13H17N3OS/c1-8(9(2)14)13-15-12(16-17-13)10-4-6-11(18-3)7-5-10/h4-9H,14H2,1-3H3. The second-order valence-electron chi connectivity index (χ2n) is 4.33. The van der Waals surface area contributed by atoms with Gasteiger partial charge in [-0.1, -0.05) is 12.1 Å². The van der Waals surface area contributed by atoms with Gasteiger partial charge in [-0.05, 0) is 37.4 Å². The van der Waals surface area contributed by atoms with Crippen molar-refractivity contribution in [3.63, 3.8) is 0 Å². The molecule has 2 N–H and O–H groups in total. The number of hydrogen-bond acceptors (Lipinski definition) is 5. The van der Waals surface area contributed by atoms with Gasteiger partial charge in [0.15, 0.2) is 0 Å². The van der Waals surface area contributed by atoms with Gasteiger partial charge < -0.3 is 10.3 Å². The minimum Gasteiger partial charge on any atom is -0.339 e. The van der Waals surface area contributed by atoms with Gasteiger partial charge in [0.2, 0.25) is 11.7 Å². The van der Waals surface area contributed by atoms with Crippen molar-refractivity contribution in [3.8, 4) is 11.4 Å². The van der Waals surface area contributed by atoms with E-state index in [0.29, 0.717) is 11.7 Å². The van der Waals surface area contributed by atoms with Gasteiger partial charge in [0, 0.05) is 16.5 Å². The van der Waals surface area contributed by atoms with E-state index in [0.717, 1.165) is 5.56 Å². The van der Waals surface area contributed by atoms with Gasteiger partial charge in [-0.25, -0.2) is 0 Å². The molecule has 2 unspecified atom stereocenters. The summed E-state index contributed by atoms with van der Waals surface area (Å²) >= 11 is 1.71. The maximum atomic E-state index is 5.82. The second-order valence-corrected chi connectivity index (χ2v) is 5.21. The van der Waals surface area contributed by atoms with Gasteiger partial charge in [-0.15, -0.1) is 11.8 Å². The first-order valence-corrected chi connectivity index (χ1v) is 7.08. The van der Waals surface area contributed by atoms with Crippen molar-refractivity contribution >= 4 is 11.8 Å². The average Bonchev–Trinajstić information content (AvgIpc) is 2.87. The fraction of sp³-hybridized carbons (Fsp3) is 0.385. The van der Waals surface area contributed by atoms with Crippen LogP contribution < -0.4 is 5.73 Å². The number of aromatic nitrogens is 2. The van der Waals surface area contributed by atoms with E-state index in [-0.39, 0.29) is 12.0 Å². The van der Waals surface area contributed by atoms with Gasteiger partial charge >= 0.3 is 0 Å². The Morgan fingerprint density at radius 3 is 2.44 bits per heavy atom. The molecule has 0 spiro atoms. The molecule has 0 fully saturated rings. The molecule has 0 bridgehead atoms. The van der Waals surface area contributed by atoms with Crippen molar-refractivity contribution in [2.45, 2.75) is 30.7 Å². The molecule has 0 saturated heterocycles. The van der Waals surface area contributed by atoms with Crippen LogP contribution in [0, 0.1) is 0 Å². The van der Waals surface area contributed by atoms with Crippen LogP contribution >= 0.6 is 11.8 Å². The van der Waals surface area contributed by atoms with Crippen molar-refractivity contribution in [2.24, 2.45) is 5.73 Å². The third kappa shape index (κ3) is 2.73. The zero-order valence-electron chi connectivity index (χ0n) is 10.8. The fourth-order valence-electron chi connectivity index (χ4n) is 1.50. The predicted molar refractivity (Wildman–Crippen MR) is 73.6 cm³/mol. The topological polar surface area (TPSA) is 64.9 Å². The predicted octanol–water partition coefficient (Wildman–Crippen LogP) is 2.91. The summed E-state index contributed by atoms with van der Waals surface area (Å²) in [6, 6.07) is 8.08. The highest BCUT2D eigenvalue weighted by molar-refractivity contribution is 7.98.